The van der Waals surface area contributed by atoms with E-state index in [1.807, 2.05) is 0 Å². The molecule has 0 spiro atoms. The van der Waals surface area contributed by atoms with E-state index in [9.17, 15) is 18.0 Å². The molecule has 0 unspecified atom stereocenters. The third-order valence-corrected chi connectivity index (χ3v) is 6.37. The molecule has 1 fully saturated rings. The molecule has 7 nitrogen and oxygen atoms in total. The molecule has 3 rings (SSSR count). The Balaban J connectivity index is 1.75. The maximum Gasteiger partial charge on any atom is 0.262 e. The SMILES string of the molecule is CCC(=O)Nc1ccc(S(=O)(=O)Nc2ccc(N3CCCCC3=O)cc2)c(C)c1. The van der Waals surface area contributed by atoms with Crippen LogP contribution in [0.1, 0.15) is 38.2 Å². The number of carbonyl (C=O) groups is 2. The lowest BCUT2D eigenvalue weighted by Crippen LogP contribution is -2.35. The predicted octanol–water partition coefficient (Wildman–Crippen LogP) is 3.66. The first-order chi connectivity index (χ1) is 13.8. The summed E-state index contributed by atoms with van der Waals surface area (Å²) in [6.45, 7) is 4.11. The van der Waals surface area contributed by atoms with Crippen molar-refractivity contribution in [2.24, 2.45) is 0 Å². The van der Waals surface area contributed by atoms with Gasteiger partial charge in [-0.15, -0.1) is 0 Å². The van der Waals surface area contributed by atoms with Crippen LogP contribution in [0.3, 0.4) is 0 Å². The molecule has 1 heterocycles. The van der Waals surface area contributed by atoms with Gasteiger partial charge in [-0.25, -0.2) is 8.42 Å². The molecule has 8 heteroatoms. The smallest absolute Gasteiger partial charge is 0.262 e. The third-order valence-electron chi connectivity index (χ3n) is 4.82. The maximum atomic E-state index is 12.8. The Labute approximate surface area is 171 Å². The van der Waals surface area contributed by atoms with Gasteiger partial charge in [0.15, 0.2) is 0 Å². The summed E-state index contributed by atoms with van der Waals surface area (Å²) in [7, 11) is -3.79. The highest BCUT2D eigenvalue weighted by atomic mass is 32.2. The number of carbonyl (C=O) groups excluding carboxylic acids is 2. The van der Waals surface area contributed by atoms with Crippen LogP contribution in [0.4, 0.5) is 17.1 Å². The van der Waals surface area contributed by atoms with Gasteiger partial charge in [-0.05, 0) is 67.8 Å². The van der Waals surface area contributed by atoms with Crippen molar-refractivity contribution in [1.82, 2.24) is 0 Å². The number of amides is 2. The first-order valence-electron chi connectivity index (χ1n) is 9.64. The Morgan fingerprint density at radius 1 is 1.07 bits per heavy atom. The van der Waals surface area contributed by atoms with E-state index in [4.69, 9.17) is 0 Å². The van der Waals surface area contributed by atoms with Gasteiger partial charge in [0.1, 0.15) is 0 Å². The van der Waals surface area contributed by atoms with E-state index >= 15 is 0 Å². The summed E-state index contributed by atoms with van der Waals surface area (Å²) in [4.78, 5) is 25.4. The molecule has 2 amide bonds. The molecule has 1 aliphatic heterocycles. The van der Waals surface area contributed by atoms with E-state index in [0.717, 1.165) is 18.5 Å². The van der Waals surface area contributed by atoms with Gasteiger partial charge < -0.3 is 10.2 Å². The average molecular weight is 416 g/mol. The molecule has 154 valence electrons. The van der Waals surface area contributed by atoms with Crippen molar-refractivity contribution in [3.05, 3.63) is 48.0 Å². The number of nitrogens with zero attached hydrogens (tertiary/aromatic N) is 1. The predicted molar refractivity (Wildman–Crippen MR) is 114 cm³/mol. The summed E-state index contributed by atoms with van der Waals surface area (Å²) in [5, 5.41) is 2.72. The molecular weight excluding hydrogens is 390 g/mol. The van der Waals surface area contributed by atoms with Crippen molar-refractivity contribution in [3.63, 3.8) is 0 Å². The lowest BCUT2D eigenvalue weighted by atomic mass is 10.1. The fourth-order valence-electron chi connectivity index (χ4n) is 3.28. The first-order valence-corrected chi connectivity index (χ1v) is 11.1. The van der Waals surface area contributed by atoms with Crippen molar-refractivity contribution in [1.29, 1.82) is 0 Å². The number of hydrogen-bond donors (Lipinski definition) is 2. The van der Waals surface area contributed by atoms with Crippen LogP contribution in [0.15, 0.2) is 47.4 Å². The van der Waals surface area contributed by atoms with Crippen molar-refractivity contribution >= 4 is 38.9 Å². The van der Waals surface area contributed by atoms with E-state index in [1.165, 1.54) is 6.07 Å². The number of piperidine rings is 1. The molecule has 1 saturated heterocycles. The second-order valence-corrected chi connectivity index (χ2v) is 8.69. The Hall–Kier alpha value is -2.87. The van der Waals surface area contributed by atoms with Crippen LogP contribution in [-0.4, -0.2) is 26.8 Å². The number of hydrogen-bond acceptors (Lipinski definition) is 4. The van der Waals surface area contributed by atoms with Crippen molar-refractivity contribution < 1.29 is 18.0 Å². The fraction of sp³-hybridized carbons (Fsp3) is 0.333. The van der Waals surface area contributed by atoms with Crippen LogP contribution in [-0.2, 0) is 19.6 Å². The van der Waals surface area contributed by atoms with Crippen LogP contribution >= 0.6 is 0 Å². The molecule has 2 aromatic rings. The molecule has 1 aliphatic rings. The zero-order valence-corrected chi connectivity index (χ0v) is 17.4. The molecule has 0 aliphatic carbocycles. The van der Waals surface area contributed by atoms with Gasteiger partial charge >= 0.3 is 0 Å². The molecule has 29 heavy (non-hydrogen) atoms. The molecule has 0 atom stereocenters. The first kappa shape index (κ1) is 20.9. The van der Waals surface area contributed by atoms with E-state index in [1.54, 1.807) is 55.1 Å². The van der Waals surface area contributed by atoms with Gasteiger partial charge in [0, 0.05) is 36.4 Å². The summed E-state index contributed by atoms with van der Waals surface area (Å²) in [6.07, 6.45) is 2.77. The Morgan fingerprint density at radius 3 is 2.38 bits per heavy atom. The molecule has 0 bridgehead atoms. The minimum atomic E-state index is -3.79. The summed E-state index contributed by atoms with van der Waals surface area (Å²) in [6, 6.07) is 11.5. The standard InChI is InChI=1S/C21H25N3O4S/c1-3-20(25)22-17-9-12-19(15(2)14-17)29(27,28)23-16-7-10-18(11-8-16)24-13-5-4-6-21(24)26/h7-12,14,23H,3-6,13H2,1-2H3,(H,22,25). The number of sulfonamides is 1. The number of aryl methyl sites for hydroxylation is 1. The zero-order chi connectivity index (χ0) is 21.0. The fourth-order valence-corrected chi connectivity index (χ4v) is 4.56. The number of benzene rings is 2. The zero-order valence-electron chi connectivity index (χ0n) is 16.6. The quantitative estimate of drug-likeness (QED) is 0.753. The van der Waals surface area contributed by atoms with Crippen LogP contribution < -0.4 is 14.9 Å². The molecule has 2 N–H and O–H groups in total. The summed E-state index contributed by atoms with van der Waals surface area (Å²) in [5.41, 5.74) is 2.27. The maximum absolute atomic E-state index is 12.8. The lowest BCUT2D eigenvalue weighted by Gasteiger charge is -2.26. The van der Waals surface area contributed by atoms with Gasteiger partial charge in [-0.1, -0.05) is 6.92 Å². The lowest BCUT2D eigenvalue weighted by molar-refractivity contribution is -0.119. The van der Waals surface area contributed by atoms with E-state index in [-0.39, 0.29) is 16.7 Å². The second-order valence-electron chi connectivity index (χ2n) is 7.04. The van der Waals surface area contributed by atoms with Gasteiger partial charge in [-0.2, -0.15) is 0 Å². The summed E-state index contributed by atoms with van der Waals surface area (Å²) in [5.74, 6) is -0.0409. The molecule has 2 aromatic carbocycles. The highest BCUT2D eigenvalue weighted by molar-refractivity contribution is 7.92. The number of anilines is 3. The van der Waals surface area contributed by atoms with Crippen LogP contribution in [0.25, 0.3) is 0 Å². The third kappa shape index (κ3) is 4.95. The largest absolute Gasteiger partial charge is 0.326 e. The van der Waals surface area contributed by atoms with E-state index in [0.29, 0.717) is 36.3 Å². The molecule has 0 radical (unpaired) electrons. The van der Waals surface area contributed by atoms with Crippen molar-refractivity contribution in [2.75, 3.05) is 21.5 Å². The molecule has 0 aromatic heterocycles. The Morgan fingerprint density at radius 2 is 1.76 bits per heavy atom. The highest BCUT2D eigenvalue weighted by Crippen LogP contribution is 2.26. The van der Waals surface area contributed by atoms with E-state index < -0.39 is 10.0 Å². The van der Waals surface area contributed by atoms with Gasteiger partial charge in [0.25, 0.3) is 10.0 Å². The topological polar surface area (TPSA) is 95.6 Å². The average Bonchev–Trinajstić information content (AvgIpc) is 2.68. The van der Waals surface area contributed by atoms with Crippen LogP contribution in [0.2, 0.25) is 0 Å². The summed E-state index contributed by atoms with van der Waals surface area (Å²) < 4.78 is 28.1. The van der Waals surface area contributed by atoms with Gasteiger partial charge in [0.2, 0.25) is 11.8 Å². The number of nitrogens with one attached hydrogen (secondary N) is 2. The minimum absolute atomic E-state index is 0.0930. The minimum Gasteiger partial charge on any atom is -0.326 e. The Bertz CT molecular complexity index is 1020. The second kappa shape index (κ2) is 8.65. The number of rotatable bonds is 6. The van der Waals surface area contributed by atoms with Crippen LogP contribution in [0, 0.1) is 6.92 Å². The molecular formula is C21H25N3O4S. The Kier molecular flexibility index (Phi) is 6.22. The monoisotopic (exact) mass is 415 g/mol. The van der Waals surface area contributed by atoms with Gasteiger partial charge in [-0.3, -0.25) is 14.3 Å². The van der Waals surface area contributed by atoms with E-state index in [2.05, 4.69) is 10.0 Å². The van der Waals surface area contributed by atoms with Crippen LogP contribution in [0.5, 0.6) is 0 Å². The molecule has 0 saturated carbocycles. The normalized spacial score (nSPS) is 14.6. The van der Waals surface area contributed by atoms with Gasteiger partial charge in [0.05, 0.1) is 4.90 Å². The van der Waals surface area contributed by atoms with Crippen molar-refractivity contribution in [2.45, 2.75) is 44.4 Å². The summed E-state index contributed by atoms with van der Waals surface area (Å²) >= 11 is 0. The van der Waals surface area contributed by atoms with Crippen molar-refractivity contribution in [3.8, 4) is 0 Å². The highest BCUT2D eigenvalue weighted by Gasteiger charge is 2.21.